The van der Waals surface area contributed by atoms with Crippen LogP contribution in [0.5, 0.6) is 0 Å². The first kappa shape index (κ1) is 9.60. The van der Waals surface area contributed by atoms with Gasteiger partial charge in [-0.15, -0.1) is 0 Å². The van der Waals surface area contributed by atoms with Crippen molar-refractivity contribution in [3.63, 3.8) is 0 Å². The summed E-state index contributed by atoms with van der Waals surface area (Å²) in [5, 5.41) is 6.19. The van der Waals surface area contributed by atoms with Gasteiger partial charge in [-0.1, -0.05) is 48.5 Å². The average molecular weight is 228 g/mol. The van der Waals surface area contributed by atoms with E-state index in [9.17, 15) is 0 Å². The molecule has 0 atom stereocenters. The van der Waals surface area contributed by atoms with Gasteiger partial charge in [0.2, 0.25) is 0 Å². The first-order chi connectivity index (χ1) is 8.95. The molecule has 0 aliphatic heterocycles. The molecule has 0 saturated carbocycles. The normalized spacial score (nSPS) is 11.3. The fourth-order valence-corrected chi connectivity index (χ4v) is 2.66. The lowest BCUT2D eigenvalue weighted by molar-refractivity contribution is 1.41. The minimum Gasteiger partial charge on any atom is -0.245 e. The molecule has 1 aromatic heterocycles. The molecule has 18 heavy (non-hydrogen) atoms. The van der Waals surface area contributed by atoms with E-state index in [1.54, 1.807) is 0 Å². The van der Waals surface area contributed by atoms with E-state index in [2.05, 4.69) is 65.8 Å². The number of hydrogen-bond acceptors (Lipinski definition) is 1. The predicted molar refractivity (Wildman–Crippen MR) is 75.6 cm³/mol. The SMILES string of the molecule is [c]1ccc2c3ccccc3c3ccccc3c2n1. The van der Waals surface area contributed by atoms with Crippen LogP contribution in [0.25, 0.3) is 32.4 Å². The van der Waals surface area contributed by atoms with Crippen LogP contribution in [0.2, 0.25) is 0 Å². The molecule has 1 nitrogen and oxygen atoms in total. The minimum absolute atomic E-state index is 1.03. The van der Waals surface area contributed by atoms with Crippen molar-refractivity contribution >= 4 is 32.4 Å². The standard InChI is InChI=1S/C17H10N/c1-2-7-14-12(6-1)13-8-3-4-9-15(13)17-16(14)10-5-11-18-17/h1-10H. The summed E-state index contributed by atoms with van der Waals surface area (Å²) in [6, 6.07) is 20.9. The van der Waals surface area contributed by atoms with Gasteiger partial charge in [0.05, 0.1) is 11.7 Å². The molecular formula is C17H10N. The van der Waals surface area contributed by atoms with E-state index in [1.165, 1.54) is 26.9 Å². The molecule has 3 aromatic carbocycles. The quantitative estimate of drug-likeness (QED) is 0.408. The van der Waals surface area contributed by atoms with E-state index in [4.69, 9.17) is 0 Å². The number of nitrogens with zero attached hydrogens (tertiary/aromatic N) is 1. The molecule has 83 valence electrons. The van der Waals surface area contributed by atoms with E-state index in [1.807, 2.05) is 6.07 Å². The van der Waals surface area contributed by atoms with Crippen molar-refractivity contribution in [2.75, 3.05) is 0 Å². The van der Waals surface area contributed by atoms with Gasteiger partial charge in [0, 0.05) is 10.8 Å². The molecule has 0 amide bonds. The highest BCUT2D eigenvalue weighted by molar-refractivity contribution is 6.23. The maximum atomic E-state index is 4.43. The second kappa shape index (κ2) is 3.54. The van der Waals surface area contributed by atoms with E-state index in [0.29, 0.717) is 0 Å². The molecule has 4 aromatic rings. The van der Waals surface area contributed by atoms with Crippen LogP contribution in [-0.4, -0.2) is 4.98 Å². The summed E-state index contributed by atoms with van der Waals surface area (Å²) in [5.41, 5.74) is 1.03. The number of hydrogen-bond donors (Lipinski definition) is 0. The Morgan fingerprint density at radius 2 is 1.11 bits per heavy atom. The van der Waals surface area contributed by atoms with Gasteiger partial charge in [-0.25, -0.2) is 4.98 Å². The lowest BCUT2D eigenvalue weighted by Gasteiger charge is -2.08. The summed E-state index contributed by atoms with van der Waals surface area (Å²) in [5.74, 6) is 0. The fraction of sp³-hybridized carbons (Fsp3) is 0. The lowest BCUT2D eigenvalue weighted by Crippen LogP contribution is -1.84. The minimum atomic E-state index is 1.03. The third kappa shape index (κ3) is 1.19. The zero-order valence-corrected chi connectivity index (χ0v) is 9.72. The molecule has 1 heteroatoms. The lowest BCUT2D eigenvalue weighted by atomic mass is 9.97. The molecular weight excluding hydrogens is 218 g/mol. The number of pyridine rings is 1. The second-order valence-corrected chi connectivity index (χ2v) is 4.43. The Labute approximate surface area is 105 Å². The molecule has 0 fully saturated rings. The van der Waals surface area contributed by atoms with E-state index >= 15 is 0 Å². The number of fused-ring (bicyclic) bond motifs is 6. The van der Waals surface area contributed by atoms with Gasteiger partial charge in [0.15, 0.2) is 0 Å². The first-order valence-electron chi connectivity index (χ1n) is 6.01. The fourth-order valence-electron chi connectivity index (χ4n) is 2.66. The largest absolute Gasteiger partial charge is 0.245 e. The van der Waals surface area contributed by atoms with Crippen LogP contribution in [0.4, 0.5) is 0 Å². The van der Waals surface area contributed by atoms with Crippen LogP contribution < -0.4 is 0 Å². The highest BCUT2D eigenvalue weighted by Gasteiger charge is 2.07. The van der Waals surface area contributed by atoms with Gasteiger partial charge in [-0.3, -0.25) is 0 Å². The van der Waals surface area contributed by atoms with Gasteiger partial charge in [0.25, 0.3) is 0 Å². The van der Waals surface area contributed by atoms with Gasteiger partial charge in [-0.2, -0.15) is 0 Å². The van der Waals surface area contributed by atoms with Crippen molar-refractivity contribution in [1.29, 1.82) is 0 Å². The van der Waals surface area contributed by atoms with Crippen molar-refractivity contribution < 1.29 is 0 Å². The molecule has 0 bridgehead atoms. The molecule has 0 aliphatic carbocycles. The molecule has 0 spiro atoms. The number of rotatable bonds is 0. The maximum absolute atomic E-state index is 4.43. The topological polar surface area (TPSA) is 12.9 Å². The van der Waals surface area contributed by atoms with Crippen LogP contribution >= 0.6 is 0 Å². The molecule has 0 N–H and O–H groups in total. The Hall–Kier alpha value is -2.41. The highest BCUT2D eigenvalue weighted by atomic mass is 14.6. The predicted octanol–water partition coefficient (Wildman–Crippen LogP) is 4.34. The van der Waals surface area contributed by atoms with E-state index in [-0.39, 0.29) is 0 Å². The van der Waals surface area contributed by atoms with Crippen LogP contribution in [0.3, 0.4) is 0 Å². The molecule has 0 saturated heterocycles. The van der Waals surface area contributed by atoms with E-state index in [0.717, 1.165) is 5.52 Å². The van der Waals surface area contributed by atoms with Crippen molar-refractivity contribution in [3.05, 3.63) is 66.9 Å². The van der Waals surface area contributed by atoms with Crippen LogP contribution in [-0.2, 0) is 0 Å². The molecule has 4 rings (SSSR count). The Kier molecular flexibility index (Phi) is 1.89. The molecule has 0 unspecified atom stereocenters. The highest BCUT2D eigenvalue weighted by Crippen LogP contribution is 2.33. The monoisotopic (exact) mass is 228 g/mol. The Morgan fingerprint density at radius 3 is 1.78 bits per heavy atom. The van der Waals surface area contributed by atoms with Gasteiger partial charge in [0.1, 0.15) is 0 Å². The summed E-state index contributed by atoms with van der Waals surface area (Å²) in [6.07, 6.45) is 2.94. The zero-order chi connectivity index (χ0) is 11.9. The van der Waals surface area contributed by atoms with Crippen LogP contribution in [0.1, 0.15) is 0 Å². The third-order valence-electron chi connectivity index (χ3n) is 3.45. The Bertz CT molecular complexity index is 657. The van der Waals surface area contributed by atoms with Crippen molar-refractivity contribution in [2.45, 2.75) is 0 Å². The van der Waals surface area contributed by atoms with Crippen molar-refractivity contribution in [3.8, 4) is 0 Å². The second-order valence-electron chi connectivity index (χ2n) is 4.43. The average Bonchev–Trinajstić information content (AvgIpc) is 2.48. The number of benzene rings is 3. The molecule has 1 heterocycles. The zero-order valence-electron chi connectivity index (χ0n) is 9.72. The Morgan fingerprint density at radius 1 is 0.611 bits per heavy atom. The first-order valence-corrected chi connectivity index (χ1v) is 6.01. The summed E-state index contributed by atoms with van der Waals surface area (Å²) in [7, 11) is 0. The van der Waals surface area contributed by atoms with Crippen LogP contribution in [0.15, 0.2) is 60.7 Å². The van der Waals surface area contributed by atoms with Crippen molar-refractivity contribution in [2.24, 2.45) is 0 Å². The molecule has 1 radical (unpaired) electrons. The Balaban J connectivity index is 2.46. The summed E-state index contributed by atoms with van der Waals surface area (Å²) < 4.78 is 0. The summed E-state index contributed by atoms with van der Waals surface area (Å²) in [6.45, 7) is 0. The summed E-state index contributed by atoms with van der Waals surface area (Å²) in [4.78, 5) is 4.43. The van der Waals surface area contributed by atoms with Crippen molar-refractivity contribution in [1.82, 2.24) is 4.98 Å². The van der Waals surface area contributed by atoms with Crippen LogP contribution in [0, 0.1) is 6.20 Å². The van der Waals surface area contributed by atoms with Gasteiger partial charge in [-0.05, 0) is 28.3 Å². The van der Waals surface area contributed by atoms with Gasteiger partial charge >= 0.3 is 0 Å². The number of aromatic nitrogens is 1. The maximum Gasteiger partial charge on any atom is 0.0894 e. The van der Waals surface area contributed by atoms with Gasteiger partial charge < -0.3 is 0 Å². The summed E-state index contributed by atoms with van der Waals surface area (Å²) >= 11 is 0. The third-order valence-corrected chi connectivity index (χ3v) is 3.45. The molecule has 0 aliphatic rings. The van der Waals surface area contributed by atoms with E-state index < -0.39 is 0 Å². The smallest absolute Gasteiger partial charge is 0.0894 e.